The zero-order chi connectivity index (χ0) is 15.2. The predicted molar refractivity (Wildman–Crippen MR) is 74.3 cm³/mol. The van der Waals surface area contributed by atoms with Crippen molar-refractivity contribution in [1.29, 1.82) is 0 Å². The molecule has 0 saturated carbocycles. The van der Waals surface area contributed by atoms with E-state index in [9.17, 15) is 14.0 Å². The molecule has 1 rings (SSSR count). The van der Waals surface area contributed by atoms with E-state index in [1.807, 2.05) is 20.8 Å². The molecule has 0 aromatic heterocycles. The van der Waals surface area contributed by atoms with Crippen molar-refractivity contribution < 1.29 is 18.7 Å². The van der Waals surface area contributed by atoms with E-state index < -0.39 is 5.97 Å². The fourth-order valence-corrected chi connectivity index (χ4v) is 1.38. The van der Waals surface area contributed by atoms with Crippen LogP contribution in [0.25, 0.3) is 6.08 Å². The Labute approximate surface area is 117 Å². The molecule has 0 heterocycles. The summed E-state index contributed by atoms with van der Waals surface area (Å²) in [5.74, 6) is -1.33. The van der Waals surface area contributed by atoms with Crippen LogP contribution in [0.2, 0.25) is 0 Å². The lowest BCUT2D eigenvalue weighted by Crippen LogP contribution is -2.42. The van der Waals surface area contributed by atoms with Crippen LogP contribution in [0.1, 0.15) is 26.3 Å². The second-order valence-corrected chi connectivity index (χ2v) is 5.29. The molecule has 0 radical (unpaired) electrons. The van der Waals surface area contributed by atoms with E-state index in [0.29, 0.717) is 5.56 Å². The Morgan fingerprint density at radius 3 is 2.40 bits per heavy atom. The number of hydrogen-bond donors (Lipinski definition) is 1. The van der Waals surface area contributed by atoms with Crippen molar-refractivity contribution in [3.63, 3.8) is 0 Å². The lowest BCUT2D eigenvalue weighted by molar-refractivity contribution is -0.144. The summed E-state index contributed by atoms with van der Waals surface area (Å²) in [4.78, 5) is 22.8. The highest BCUT2D eigenvalue weighted by atomic mass is 19.1. The fraction of sp³-hybridized carbons (Fsp3) is 0.333. The first kappa shape index (κ1) is 15.9. The third kappa shape index (κ3) is 6.68. The van der Waals surface area contributed by atoms with Crippen LogP contribution in [0.15, 0.2) is 30.3 Å². The van der Waals surface area contributed by atoms with Crippen molar-refractivity contribution in [3.05, 3.63) is 41.7 Å². The molecule has 0 unspecified atom stereocenters. The van der Waals surface area contributed by atoms with Gasteiger partial charge in [-0.15, -0.1) is 0 Å². The van der Waals surface area contributed by atoms with E-state index in [4.69, 9.17) is 4.74 Å². The molecule has 108 valence electrons. The lowest BCUT2D eigenvalue weighted by Gasteiger charge is -2.20. The van der Waals surface area contributed by atoms with Gasteiger partial charge in [-0.05, 0) is 44.5 Å². The van der Waals surface area contributed by atoms with Gasteiger partial charge in [-0.25, -0.2) is 9.18 Å². The van der Waals surface area contributed by atoms with E-state index in [1.165, 1.54) is 36.4 Å². The number of ether oxygens (including phenoxy) is 1. The van der Waals surface area contributed by atoms with Gasteiger partial charge in [0.25, 0.3) is 5.91 Å². The summed E-state index contributed by atoms with van der Waals surface area (Å²) >= 11 is 0. The zero-order valence-corrected chi connectivity index (χ0v) is 11.8. The average molecular weight is 279 g/mol. The second-order valence-electron chi connectivity index (χ2n) is 5.29. The molecule has 20 heavy (non-hydrogen) atoms. The van der Waals surface area contributed by atoms with Gasteiger partial charge in [0.15, 0.2) is 6.61 Å². The van der Waals surface area contributed by atoms with Crippen molar-refractivity contribution in [2.24, 2.45) is 0 Å². The number of nitrogens with one attached hydrogen (secondary N) is 1. The molecule has 0 bridgehead atoms. The largest absolute Gasteiger partial charge is 0.452 e. The topological polar surface area (TPSA) is 55.4 Å². The van der Waals surface area contributed by atoms with Gasteiger partial charge < -0.3 is 10.1 Å². The molecule has 0 atom stereocenters. The van der Waals surface area contributed by atoms with E-state index in [2.05, 4.69) is 5.32 Å². The van der Waals surface area contributed by atoms with Crippen LogP contribution in [0.5, 0.6) is 0 Å². The molecule has 0 aliphatic carbocycles. The van der Waals surface area contributed by atoms with E-state index in [-0.39, 0.29) is 23.9 Å². The third-order valence-electron chi connectivity index (χ3n) is 2.14. The highest BCUT2D eigenvalue weighted by Gasteiger charge is 2.14. The van der Waals surface area contributed by atoms with Gasteiger partial charge in [0.1, 0.15) is 5.82 Å². The SMILES string of the molecule is CC(C)(C)NC(=O)COC(=O)/C=C/c1ccc(F)cc1. The quantitative estimate of drug-likeness (QED) is 0.679. The Morgan fingerprint density at radius 2 is 1.85 bits per heavy atom. The average Bonchev–Trinajstić information content (AvgIpc) is 2.33. The number of benzene rings is 1. The summed E-state index contributed by atoms with van der Waals surface area (Å²) in [6.07, 6.45) is 2.68. The first-order chi connectivity index (χ1) is 9.26. The smallest absolute Gasteiger partial charge is 0.331 e. The van der Waals surface area contributed by atoms with Crippen LogP contribution in [0.4, 0.5) is 4.39 Å². The zero-order valence-electron chi connectivity index (χ0n) is 11.8. The molecule has 0 saturated heterocycles. The molecular weight excluding hydrogens is 261 g/mol. The van der Waals surface area contributed by atoms with Gasteiger partial charge >= 0.3 is 5.97 Å². The number of halogens is 1. The molecule has 1 amide bonds. The fourth-order valence-electron chi connectivity index (χ4n) is 1.38. The third-order valence-corrected chi connectivity index (χ3v) is 2.14. The summed E-state index contributed by atoms with van der Waals surface area (Å²) in [5.41, 5.74) is 0.301. The van der Waals surface area contributed by atoms with Gasteiger partial charge in [0.2, 0.25) is 0 Å². The van der Waals surface area contributed by atoms with E-state index in [1.54, 1.807) is 0 Å². The molecule has 0 aliphatic rings. The summed E-state index contributed by atoms with van der Waals surface area (Å²) in [6.45, 7) is 5.17. The van der Waals surface area contributed by atoms with Gasteiger partial charge in [0, 0.05) is 11.6 Å². The van der Waals surface area contributed by atoms with Crippen LogP contribution in [0.3, 0.4) is 0 Å². The van der Waals surface area contributed by atoms with Crippen LogP contribution < -0.4 is 5.32 Å². The van der Waals surface area contributed by atoms with Crippen molar-refractivity contribution in [2.45, 2.75) is 26.3 Å². The number of carbonyl (C=O) groups excluding carboxylic acids is 2. The maximum absolute atomic E-state index is 12.7. The molecule has 4 nitrogen and oxygen atoms in total. The van der Waals surface area contributed by atoms with Crippen molar-refractivity contribution >= 4 is 18.0 Å². The minimum absolute atomic E-state index is 0.330. The number of esters is 1. The molecular formula is C15H18FNO3. The Kier molecular flexibility index (Phi) is 5.43. The highest BCUT2D eigenvalue weighted by Crippen LogP contribution is 2.04. The number of rotatable bonds is 4. The van der Waals surface area contributed by atoms with Crippen LogP contribution >= 0.6 is 0 Å². The molecule has 5 heteroatoms. The molecule has 1 N–H and O–H groups in total. The molecule has 0 spiro atoms. The summed E-state index contributed by atoms with van der Waals surface area (Å²) < 4.78 is 17.5. The maximum Gasteiger partial charge on any atom is 0.331 e. The first-order valence-electron chi connectivity index (χ1n) is 6.18. The minimum Gasteiger partial charge on any atom is -0.452 e. The van der Waals surface area contributed by atoms with Crippen molar-refractivity contribution in [3.8, 4) is 0 Å². The standard InChI is InChI=1S/C15H18FNO3/c1-15(2,3)17-13(18)10-20-14(19)9-6-11-4-7-12(16)8-5-11/h4-9H,10H2,1-3H3,(H,17,18)/b9-6+. The van der Waals surface area contributed by atoms with Gasteiger partial charge in [0.05, 0.1) is 0 Å². The second kappa shape index (κ2) is 6.84. The molecule has 1 aromatic carbocycles. The lowest BCUT2D eigenvalue weighted by atomic mass is 10.1. The minimum atomic E-state index is -0.626. The van der Waals surface area contributed by atoms with Crippen LogP contribution in [0, 0.1) is 5.82 Å². The maximum atomic E-state index is 12.7. The summed E-state index contributed by atoms with van der Waals surface area (Å²) in [7, 11) is 0. The summed E-state index contributed by atoms with van der Waals surface area (Å²) in [5, 5.41) is 2.67. The number of amides is 1. The Morgan fingerprint density at radius 1 is 1.25 bits per heavy atom. The highest BCUT2D eigenvalue weighted by molar-refractivity contribution is 5.89. The monoisotopic (exact) mass is 279 g/mol. The van der Waals surface area contributed by atoms with Crippen LogP contribution in [-0.4, -0.2) is 24.0 Å². The first-order valence-corrected chi connectivity index (χ1v) is 6.18. The Hall–Kier alpha value is -2.17. The molecule has 1 aromatic rings. The van der Waals surface area contributed by atoms with E-state index >= 15 is 0 Å². The number of hydrogen-bond acceptors (Lipinski definition) is 3. The van der Waals surface area contributed by atoms with Gasteiger partial charge in [-0.1, -0.05) is 12.1 Å². The van der Waals surface area contributed by atoms with E-state index in [0.717, 1.165) is 0 Å². The van der Waals surface area contributed by atoms with Crippen molar-refractivity contribution in [1.82, 2.24) is 5.32 Å². The Bertz CT molecular complexity index is 501. The van der Waals surface area contributed by atoms with Gasteiger partial charge in [-0.2, -0.15) is 0 Å². The van der Waals surface area contributed by atoms with Crippen molar-refractivity contribution in [2.75, 3.05) is 6.61 Å². The normalized spacial score (nSPS) is 11.4. The number of carbonyl (C=O) groups is 2. The summed E-state index contributed by atoms with van der Waals surface area (Å²) in [6, 6.07) is 5.65. The predicted octanol–water partition coefficient (Wildman–Crippen LogP) is 2.30. The Balaban J connectivity index is 2.40. The van der Waals surface area contributed by atoms with Crippen LogP contribution in [-0.2, 0) is 14.3 Å². The molecule has 0 aliphatic heterocycles. The van der Waals surface area contributed by atoms with Gasteiger partial charge in [-0.3, -0.25) is 4.79 Å². The molecule has 0 fully saturated rings.